The molecule has 0 saturated carbocycles. The number of hydrogen-bond donors (Lipinski definition) is 2. The van der Waals surface area contributed by atoms with Crippen molar-refractivity contribution < 1.29 is 14.2 Å². The number of halogens is 1. The molecule has 3 heterocycles. The molecule has 2 unspecified atom stereocenters. The summed E-state index contributed by atoms with van der Waals surface area (Å²) in [6.45, 7) is 5.17. The van der Waals surface area contributed by atoms with Crippen LogP contribution in [0, 0.1) is 0 Å². The van der Waals surface area contributed by atoms with E-state index >= 15 is 0 Å². The van der Waals surface area contributed by atoms with E-state index in [9.17, 15) is 0 Å². The predicted molar refractivity (Wildman–Crippen MR) is 117 cm³/mol. The van der Waals surface area contributed by atoms with Crippen LogP contribution in [0.3, 0.4) is 0 Å². The van der Waals surface area contributed by atoms with Crippen molar-refractivity contribution in [2.75, 3.05) is 51.8 Å². The molecule has 3 aliphatic heterocycles. The van der Waals surface area contributed by atoms with Gasteiger partial charge in [0.25, 0.3) is 0 Å². The first-order valence-electron chi connectivity index (χ1n) is 9.55. The lowest BCUT2D eigenvalue weighted by Crippen LogP contribution is -2.50. The molecule has 7 nitrogen and oxygen atoms in total. The van der Waals surface area contributed by atoms with Gasteiger partial charge in [0.1, 0.15) is 0 Å². The van der Waals surface area contributed by atoms with Crippen LogP contribution in [0.1, 0.15) is 19.3 Å². The summed E-state index contributed by atoms with van der Waals surface area (Å²) in [6.07, 6.45) is 3.67. The van der Waals surface area contributed by atoms with Gasteiger partial charge < -0.3 is 24.8 Å². The number of fused-ring (bicyclic) bond motifs is 2. The Bertz CT molecular complexity index is 658. The van der Waals surface area contributed by atoms with Crippen molar-refractivity contribution in [3.8, 4) is 11.5 Å². The van der Waals surface area contributed by atoms with Crippen LogP contribution in [0.4, 0.5) is 5.69 Å². The Morgan fingerprint density at radius 1 is 1.22 bits per heavy atom. The number of nitrogens with one attached hydrogen (secondary N) is 2. The molecule has 0 aliphatic carbocycles. The maximum atomic E-state index is 6.00. The lowest BCUT2D eigenvalue weighted by atomic mass is 10.2. The fourth-order valence-electron chi connectivity index (χ4n) is 3.78. The zero-order valence-corrected chi connectivity index (χ0v) is 18.1. The first-order valence-corrected chi connectivity index (χ1v) is 9.55. The van der Waals surface area contributed by atoms with Crippen LogP contribution in [-0.4, -0.2) is 69.5 Å². The molecule has 0 aromatic heterocycles. The lowest BCUT2D eigenvalue weighted by molar-refractivity contribution is -0.0452. The number of nitrogens with zero attached hydrogens (tertiary/aromatic N) is 2. The first kappa shape index (κ1) is 20.5. The topological polar surface area (TPSA) is 67.4 Å². The molecule has 2 N–H and O–H groups in total. The van der Waals surface area contributed by atoms with Gasteiger partial charge in [-0.05, 0) is 31.5 Å². The fraction of sp³-hybridized carbons (Fsp3) is 0.632. The summed E-state index contributed by atoms with van der Waals surface area (Å²) < 4.78 is 17.4. The van der Waals surface area contributed by atoms with Crippen molar-refractivity contribution in [3.05, 3.63) is 18.2 Å². The van der Waals surface area contributed by atoms with Gasteiger partial charge in [0.15, 0.2) is 17.5 Å². The number of guanidine groups is 1. The molecular formula is C19H29IN4O3. The van der Waals surface area contributed by atoms with Crippen molar-refractivity contribution in [2.45, 2.75) is 31.4 Å². The average molecular weight is 488 g/mol. The molecule has 8 heteroatoms. The first-order chi connectivity index (χ1) is 12.8. The van der Waals surface area contributed by atoms with Crippen molar-refractivity contribution >= 4 is 35.6 Å². The van der Waals surface area contributed by atoms with Crippen molar-refractivity contribution in [2.24, 2.45) is 4.99 Å². The molecule has 0 spiro atoms. The maximum absolute atomic E-state index is 6.00. The molecular weight excluding hydrogens is 459 g/mol. The number of rotatable bonds is 3. The zero-order valence-electron chi connectivity index (χ0n) is 15.8. The largest absolute Gasteiger partial charge is 0.490 e. The quantitative estimate of drug-likeness (QED) is 0.387. The number of anilines is 1. The minimum Gasteiger partial charge on any atom is -0.490 e. The van der Waals surface area contributed by atoms with Crippen LogP contribution in [0.2, 0.25) is 0 Å². The predicted octanol–water partition coefficient (Wildman–Crippen LogP) is 2.32. The second kappa shape index (κ2) is 9.79. The molecule has 4 rings (SSSR count). The van der Waals surface area contributed by atoms with Crippen LogP contribution in [0.25, 0.3) is 0 Å². The third kappa shape index (κ3) is 5.17. The van der Waals surface area contributed by atoms with E-state index in [1.807, 2.05) is 18.2 Å². The Balaban J connectivity index is 0.00000210. The van der Waals surface area contributed by atoms with Gasteiger partial charge in [0, 0.05) is 44.4 Å². The van der Waals surface area contributed by atoms with E-state index in [0.29, 0.717) is 19.3 Å². The second-order valence-electron chi connectivity index (χ2n) is 7.04. The normalized spacial score (nSPS) is 25.1. The number of ether oxygens (including phenoxy) is 3. The van der Waals surface area contributed by atoms with E-state index < -0.39 is 0 Å². The summed E-state index contributed by atoms with van der Waals surface area (Å²) in [5.74, 6) is 2.30. The Morgan fingerprint density at radius 2 is 2.07 bits per heavy atom. The van der Waals surface area contributed by atoms with E-state index in [1.165, 1.54) is 19.4 Å². The van der Waals surface area contributed by atoms with Crippen molar-refractivity contribution in [1.29, 1.82) is 0 Å². The van der Waals surface area contributed by atoms with Gasteiger partial charge in [0.05, 0.1) is 25.9 Å². The summed E-state index contributed by atoms with van der Waals surface area (Å²) >= 11 is 0. The van der Waals surface area contributed by atoms with E-state index in [4.69, 9.17) is 14.2 Å². The zero-order chi connectivity index (χ0) is 17.8. The number of morpholine rings is 1. The van der Waals surface area contributed by atoms with Gasteiger partial charge in [-0.3, -0.25) is 9.89 Å². The monoisotopic (exact) mass is 488 g/mol. The fourth-order valence-corrected chi connectivity index (χ4v) is 3.78. The third-order valence-corrected chi connectivity index (χ3v) is 5.19. The maximum Gasteiger partial charge on any atom is 0.195 e. The van der Waals surface area contributed by atoms with Crippen LogP contribution < -0.4 is 20.1 Å². The Morgan fingerprint density at radius 3 is 2.93 bits per heavy atom. The van der Waals surface area contributed by atoms with Crippen LogP contribution >= 0.6 is 24.0 Å². The molecule has 0 bridgehead atoms. The summed E-state index contributed by atoms with van der Waals surface area (Å²) in [7, 11) is 1.77. The molecule has 3 aliphatic rings. The molecule has 1 aromatic rings. The van der Waals surface area contributed by atoms with Gasteiger partial charge in [-0.2, -0.15) is 0 Å². The molecule has 0 radical (unpaired) electrons. The summed E-state index contributed by atoms with van der Waals surface area (Å²) in [6, 6.07) is 6.50. The summed E-state index contributed by atoms with van der Waals surface area (Å²) in [4.78, 5) is 6.87. The van der Waals surface area contributed by atoms with Crippen molar-refractivity contribution in [1.82, 2.24) is 10.2 Å². The minimum atomic E-state index is 0. The number of aliphatic imine (C=N–C) groups is 1. The van der Waals surface area contributed by atoms with E-state index in [2.05, 4.69) is 20.5 Å². The van der Waals surface area contributed by atoms with Gasteiger partial charge in [-0.1, -0.05) is 0 Å². The molecule has 2 saturated heterocycles. The highest BCUT2D eigenvalue weighted by atomic mass is 127. The molecule has 2 fully saturated rings. The van der Waals surface area contributed by atoms with Crippen LogP contribution in [0.15, 0.2) is 23.2 Å². The highest BCUT2D eigenvalue weighted by Crippen LogP contribution is 2.32. The standard InChI is InChI=1S/C19H28N4O3.HI/c1-20-19(21-11-16-12-23-7-2-4-15(23)13-26-16)22-14-5-6-17-18(10-14)25-9-3-8-24-17;/h5-6,10,15-16H,2-4,7-9,11-13H2,1H3,(H2,20,21,22);1H. The second-order valence-corrected chi connectivity index (χ2v) is 7.04. The van der Waals surface area contributed by atoms with Gasteiger partial charge in [0.2, 0.25) is 0 Å². The van der Waals surface area contributed by atoms with Gasteiger partial charge in [-0.15, -0.1) is 24.0 Å². The Labute approximate surface area is 177 Å². The number of benzene rings is 1. The molecule has 27 heavy (non-hydrogen) atoms. The molecule has 150 valence electrons. The van der Waals surface area contributed by atoms with E-state index in [0.717, 1.165) is 49.3 Å². The SMILES string of the molecule is CN=C(NCC1CN2CCCC2CO1)Nc1ccc2c(c1)OCCCO2.I. The van der Waals surface area contributed by atoms with E-state index in [1.54, 1.807) is 7.05 Å². The van der Waals surface area contributed by atoms with E-state index in [-0.39, 0.29) is 30.1 Å². The van der Waals surface area contributed by atoms with Crippen LogP contribution in [0.5, 0.6) is 11.5 Å². The van der Waals surface area contributed by atoms with Gasteiger partial charge in [-0.25, -0.2) is 0 Å². The molecule has 2 atom stereocenters. The van der Waals surface area contributed by atoms with Gasteiger partial charge >= 0.3 is 0 Å². The average Bonchev–Trinajstić information content (AvgIpc) is 3.01. The minimum absolute atomic E-state index is 0. The van der Waals surface area contributed by atoms with Crippen molar-refractivity contribution in [3.63, 3.8) is 0 Å². The Kier molecular flexibility index (Phi) is 7.42. The lowest BCUT2D eigenvalue weighted by Gasteiger charge is -2.35. The van der Waals surface area contributed by atoms with Crippen LogP contribution in [-0.2, 0) is 4.74 Å². The summed E-state index contributed by atoms with van der Waals surface area (Å²) in [5, 5.41) is 6.69. The highest BCUT2D eigenvalue weighted by Gasteiger charge is 2.32. The Hall–Kier alpha value is -1.26. The molecule has 0 amide bonds. The molecule has 1 aromatic carbocycles. The number of hydrogen-bond acceptors (Lipinski definition) is 5. The summed E-state index contributed by atoms with van der Waals surface area (Å²) in [5.41, 5.74) is 0.923. The highest BCUT2D eigenvalue weighted by molar-refractivity contribution is 14.0. The smallest absolute Gasteiger partial charge is 0.195 e. The third-order valence-electron chi connectivity index (χ3n) is 5.19.